The van der Waals surface area contributed by atoms with E-state index in [-0.39, 0.29) is 17.9 Å². The van der Waals surface area contributed by atoms with Crippen molar-refractivity contribution in [3.63, 3.8) is 0 Å². The lowest BCUT2D eigenvalue weighted by Crippen LogP contribution is -2.56. The summed E-state index contributed by atoms with van der Waals surface area (Å²) in [7, 11) is 1.78. The minimum absolute atomic E-state index is 0.0284. The van der Waals surface area contributed by atoms with Gasteiger partial charge in [-0.2, -0.15) is 13.2 Å². The molecular weight excluding hydrogens is 512 g/mol. The van der Waals surface area contributed by atoms with E-state index in [0.29, 0.717) is 64.2 Å². The van der Waals surface area contributed by atoms with Gasteiger partial charge in [-0.3, -0.25) is 9.59 Å². The number of fused-ring (bicyclic) bond motifs is 3. The minimum Gasteiger partial charge on any atom is -0.481 e. The van der Waals surface area contributed by atoms with Crippen LogP contribution in [0.3, 0.4) is 0 Å². The van der Waals surface area contributed by atoms with Gasteiger partial charge in [-0.25, -0.2) is 4.39 Å². The van der Waals surface area contributed by atoms with Crippen LogP contribution >= 0.6 is 0 Å². The average molecular weight is 547 g/mol. The second-order valence-electron chi connectivity index (χ2n) is 11.6. The standard InChI is InChI=1S/C30H34F4N2O3/c1-28(31,30(32,33)34)22-12-13-23-24(16-22)35(2)18-25-29(23,17-19-6-4-3-5-7-19)14-15-36(25)26(37)20-8-10-21(11-9-20)27(38)39/h3-7,12-13,16,20-21,25H,8-11,14-15,17-18H2,1-2H3,(H,38,39)/t20-,21-,25?,28?,29?. The molecule has 39 heavy (non-hydrogen) atoms. The number of carboxylic acid groups (broad SMARTS) is 1. The lowest BCUT2D eigenvalue weighted by molar-refractivity contribution is -0.228. The van der Waals surface area contributed by atoms with E-state index in [9.17, 15) is 32.3 Å². The summed E-state index contributed by atoms with van der Waals surface area (Å²) in [6.45, 7) is 1.47. The van der Waals surface area contributed by atoms with Gasteiger partial charge in [0.05, 0.1) is 12.0 Å². The first-order valence-electron chi connectivity index (χ1n) is 13.5. The van der Waals surface area contributed by atoms with Gasteiger partial charge in [-0.15, -0.1) is 0 Å². The van der Waals surface area contributed by atoms with Crippen molar-refractivity contribution < 1.29 is 32.3 Å². The molecule has 2 aromatic carbocycles. The first-order chi connectivity index (χ1) is 18.3. The predicted molar refractivity (Wildman–Crippen MR) is 139 cm³/mol. The third kappa shape index (κ3) is 4.67. The van der Waals surface area contributed by atoms with E-state index < -0.39 is 34.7 Å². The zero-order chi connectivity index (χ0) is 28.2. The van der Waals surface area contributed by atoms with E-state index in [1.165, 1.54) is 12.1 Å². The van der Waals surface area contributed by atoms with Crippen LogP contribution < -0.4 is 4.90 Å². The molecule has 0 radical (unpaired) electrons. The number of likely N-dealkylation sites (N-methyl/N-ethyl adjacent to an activating group) is 1. The van der Waals surface area contributed by atoms with Crippen molar-refractivity contribution in [1.29, 1.82) is 0 Å². The number of nitrogens with zero attached hydrogens (tertiary/aromatic N) is 2. The normalized spacial score (nSPS) is 28.4. The molecule has 0 aromatic heterocycles. The summed E-state index contributed by atoms with van der Waals surface area (Å²) in [4.78, 5) is 29.0. The Balaban J connectivity index is 1.52. The molecule has 3 aliphatic rings. The molecule has 0 bridgehead atoms. The number of amides is 1. The van der Waals surface area contributed by atoms with Crippen LogP contribution in [0, 0.1) is 11.8 Å². The Kier molecular flexibility index (Phi) is 6.92. The summed E-state index contributed by atoms with van der Waals surface area (Å²) in [6, 6.07) is 13.8. The Bertz CT molecular complexity index is 1240. The van der Waals surface area contributed by atoms with Gasteiger partial charge >= 0.3 is 12.1 Å². The summed E-state index contributed by atoms with van der Waals surface area (Å²) < 4.78 is 55.6. The number of benzene rings is 2. The van der Waals surface area contributed by atoms with Crippen LogP contribution in [-0.2, 0) is 27.1 Å². The molecule has 1 saturated heterocycles. The number of aliphatic carboxylic acids is 1. The van der Waals surface area contributed by atoms with E-state index in [1.54, 1.807) is 13.1 Å². The number of likely N-dealkylation sites (tertiary alicyclic amines) is 1. The van der Waals surface area contributed by atoms with Crippen LogP contribution in [0.25, 0.3) is 0 Å². The molecule has 210 valence electrons. The number of hydrogen-bond acceptors (Lipinski definition) is 3. The average Bonchev–Trinajstić information content (AvgIpc) is 3.27. The fourth-order valence-electron chi connectivity index (χ4n) is 6.96. The summed E-state index contributed by atoms with van der Waals surface area (Å²) >= 11 is 0. The van der Waals surface area contributed by atoms with Crippen molar-refractivity contribution in [1.82, 2.24) is 4.90 Å². The van der Waals surface area contributed by atoms with Gasteiger partial charge in [0.2, 0.25) is 11.6 Å². The Hall–Kier alpha value is -3.10. The van der Waals surface area contributed by atoms with Gasteiger partial charge in [0.1, 0.15) is 0 Å². The summed E-state index contributed by atoms with van der Waals surface area (Å²) in [5.41, 5.74) is -2.01. The Morgan fingerprint density at radius 2 is 1.64 bits per heavy atom. The van der Waals surface area contributed by atoms with E-state index in [1.807, 2.05) is 40.1 Å². The van der Waals surface area contributed by atoms with Crippen molar-refractivity contribution >= 4 is 17.6 Å². The molecule has 1 N–H and O–H groups in total. The van der Waals surface area contributed by atoms with Crippen molar-refractivity contribution in [3.8, 4) is 0 Å². The zero-order valence-corrected chi connectivity index (χ0v) is 22.2. The van der Waals surface area contributed by atoms with Crippen molar-refractivity contribution in [2.75, 3.05) is 25.0 Å². The Morgan fingerprint density at radius 3 is 2.26 bits per heavy atom. The molecule has 5 rings (SSSR count). The van der Waals surface area contributed by atoms with Crippen LogP contribution in [0.5, 0.6) is 0 Å². The highest BCUT2D eigenvalue weighted by Crippen LogP contribution is 2.52. The maximum Gasteiger partial charge on any atom is 0.426 e. The smallest absolute Gasteiger partial charge is 0.426 e. The largest absolute Gasteiger partial charge is 0.481 e. The quantitative estimate of drug-likeness (QED) is 0.478. The third-order valence-electron chi connectivity index (χ3n) is 9.35. The maximum absolute atomic E-state index is 15.0. The molecule has 2 heterocycles. The SMILES string of the molecule is CN1CC2N(C(=O)[C@H]3CC[C@H](C(=O)O)CC3)CCC2(Cc2ccccc2)c2ccc(C(C)(F)C(F)(F)F)cc21. The highest BCUT2D eigenvalue weighted by atomic mass is 19.4. The number of carboxylic acids is 1. The van der Waals surface area contributed by atoms with Crippen LogP contribution in [0.2, 0.25) is 0 Å². The van der Waals surface area contributed by atoms with Gasteiger partial charge in [0, 0.05) is 42.7 Å². The molecule has 2 aliphatic heterocycles. The zero-order valence-electron chi connectivity index (χ0n) is 22.2. The molecule has 1 aliphatic carbocycles. The lowest BCUT2D eigenvalue weighted by Gasteiger charge is -2.48. The predicted octanol–water partition coefficient (Wildman–Crippen LogP) is 5.86. The van der Waals surface area contributed by atoms with Gasteiger partial charge in [0.25, 0.3) is 0 Å². The number of halogens is 4. The Labute approximate surface area is 225 Å². The molecule has 1 saturated carbocycles. The molecule has 3 unspecified atom stereocenters. The Morgan fingerprint density at radius 1 is 1.00 bits per heavy atom. The van der Waals surface area contributed by atoms with Crippen LogP contribution in [0.4, 0.5) is 23.2 Å². The van der Waals surface area contributed by atoms with Crippen LogP contribution in [0.15, 0.2) is 48.5 Å². The second-order valence-corrected chi connectivity index (χ2v) is 11.6. The monoisotopic (exact) mass is 546 g/mol. The lowest BCUT2D eigenvalue weighted by atomic mass is 9.66. The number of hydrogen-bond donors (Lipinski definition) is 1. The fraction of sp³-hybridized carbons (Fsp3) is 0.533. The highest BCUT2D eigenvalue weighted by Gasteiger charge is 2.57. The number of rotatable bonds is 5. The summed E-state index contributed by atoms with van der Waals surface area (Å²) in [5, 5.41) is 9.35. The van der Waals surface area contributed by atoms with Gasteiger partial charge in [-0.05, 0) is 62.6 Å². The van der Waals surface area contributed by atoms with E-state index in [4.69, 9.17) is 0 Å². The number of alkyl halides is 4. The van der Waals surface area contributed by atoms with Gasteiger partial charge in [-0.1, -0.05) is 42.5 Å². The van der Waals surface area contributed by atoms with Crippen molar-refractivity contribution in [3.05, 3.63) is 65.2 Å². The highest BCUT2D eigenvalue weighted by molar-refractivity contribution is 5.81. The molecule has 1 amide bonds. The van der Waals surface area contributed by atoms with E-state index >= 15 is 0 Å². The van der Waals surface area contributed by atoms with Gasteiger partial charge < -0.3 is 14.9 Å². The molecule has 2 fully saturated rings. The molecule has 0 spiro atoms. The van der Waals surface area contributed by atoms with Gasteiger partial charge in [0.15, 0.2) is 0 Å². The third-order valence-corrected chi connectivity index (χ3v) is 9.35. The van der Waals surface area contributed by atoms with Crippen molar-refractivity contribution in [2.24, 2.45) is 11.8 Å². The maximum atomic E-state index is 15.0. The van der Waals surface area contributed by atoms with Crippen molar-refractivity contribution in [2.45, 2.75) is 68.8 Å². The van der Waals surface area contributed by atoms with Crippen LogP contribution in [-0.4, -0.2) is 54.2 Å². The summed E-state index contributed by atoms with van der Waals surface area (Å²) in [6.07, 6.45) is -1.79. The first kappa shape index (κ1) is 27.5. The topological polar surface area (TPSA) is 60.9 Å². The molecular formula is C30H34F4N2O3. The molecule has 2 aromatic rings. The second kappa shape index (κ2) is 9.82. The first-order valence-corrected chi connectivity index (χ1v) is 13.5. The van der Waals surface area contributed by atoms with E-state index in [2.05, 4.69) is 0 Å². The minimum atomic E-state index is -5.05. The molecule has 5 nitrogen and oxygen atoms in total. The fourth-order valence-corrected chi connectivity index (χ4v) is 6.96. The number of carbonyl (C=O) groups is 2. The van der Waals surface area contributed by atoms with E-state index in [0.717, 1.165) is 11.1 Å². The number of carbonyl (C=O) groups excluding carboxylic acids is 1. The summed E-state index contributed by atoms with van der Waals surface area (Å²) in [5.74, 6) is -1.44. The van der Waals surface area contributed by atoms with Crippen LogP contribution in [0.1, 0.15) is 55.7 Å². The molecule has 3 atom stereocenters. The number of anilines is 1. The molecule has 9 heteroatoms.